The van der Waals surface area contributed by atoms with E-state index in [4.69, 9.17) is 5.02 Å². The maximum atomic E-state index is 10.1. The molecule has 1 aliphatic heterocycles. The molecule has 0 spiro atoms. The van der Waals surface area contributed by atoms with Crippen LogP contribution in [-0.2, 0) is 19.4 Å². The van der Waals surface area contributed by atoms with E-state index in [0.29, 0.717) is 0 Å². The second-order valence-electron chi connectivity index (χ2n) is 1.70. The molecule has 1 N–H and O–H groups in total. The zero-order valence-electron chi connectivity index (χ0n) is 5.76. The predicted molar refractivity (Wildman–Crippen MR) is 28.5 cm³/mol. The zero-order valence-corrected chi connectivity index (χ0v) is 8.58. The van der Waals surface area contributed by atoms with Crippen molar-refractivity contribution in [2.24, 2.45) is 0 Å². The van der Waals surface area contributed by atoms with Crippen LogP contribution >= 0.6 is 0 Å². The third-order valence-corrected chi connectivity index (χ3v) is 1.86. The SMILES string of the molecule is O=S(=O)([O-])C1COB(O)O1.[Na+]. The smallest absolute Gasteiger partial charge is 0.746 e. The molecule has 1 fully saturated rings. The van der Waals surface area contributed by atoms with Crippen LogP contribution in [0.1, 0.15) is 0 Å². The molecular formula is C2H4BNaO6S. The first-order chi connectivity index (χ1) is 4.50. The maximum Gasteiger partial charge on any atom is 1.00 e. The van der Waals surface area contributed by atoms with Gasteiger partial charge in [-0.1, -0.05) is 0 Å². The van der Waals surface area contributed by atoms with Gasteiger partial charge in [0.05, 0.1) is 6.61 Å². The number of rotatable bonds is 1. The molecule has 1 saturated heterocycles. The predicted octanol–water partition coefficient (Wildman–Crippen LogP) is -5.11. The van der Waals surface area contributed by atoms with Gasteiger partial charge in [0.15, 0.2) is 5.44 Å². The topological polar surface area (TPSA) is 95.9 Å². The Morgan fingerprint density at radius 1 is 1.64 bits per heavy atom. The van der Waals surface area contributed by atoms with Gasteiger partial charge in [0.2, 0.25) is 0 Å². The summed E-state index contributed by atoms with van der Waals surface area (Å²) in [7, 11) is -6.08. The van der Waals surface area contributed by atoms with Gasteiger partial charge in [0, 0.05) is 0 Å². The van der Waals surface area contributed by atoms with Crippen LogP contribution in [0.4, 0.5) is 0 Å². The van der Waals surface area contributed by atoms with Gasteiger partial charge in [-0.15, -0.1) is 0 Å². The van der Waals surface area contributed by atoms with Crippen LogP contribution in [-0.4, -0.2) is 37.4 Å². The largest absolute Gasteiger partial charge is 1.00 e. The van der Waals surface area contributed by atoms with E-state index >= 15 is 0 Å². The van der Waals surface area contributed by atoms with Gasteiger partial charge in [0.25, 0.3) is 0 Å². The molecular weight excluding hydrogens is 186 g/mol. The standard InChI is InChI=1S/C2H5BO6S.Na/c4-3-8-1-2(9-3)10(5,6)7;/h2,4H,1H2,(H,5,6,7);/q;+1/p-1. The van der Waals surface area contributed by atoms with Crippen LogP contribution in [0, 0.1) is 0 Å². The van der Waals surface area contributed by atoms with Crippen molar-refractivity contribution in [3.8, 4) is 0 Å². The molecule has 58 valence electrons. The minimum atomic E-state index is -4.49. The maximum absolute atomic E-state index is 10.1. The van der Waals surface area contributed by atoms with Gasteiger partial charge in [-0.2, -0.15) is 0 Å². The Balaban J connectivity index is 0.000001000. The minimum Gasteiger partial charge on any atom is -0.746 e. The first kappa shape index (κ1) is 11.9. The van der Waals surface area contributed by atoms with E-state index in [1.165, 1.54) is 0 Å². The van der Waals surface area contributed by atoms with Crippen LogP contribution in [0.5, 0.6) is 0 Å². The van der Waals surface area contributed by atoms with Gasteiger partial charge >= 0.3 is 36.9 Å². The van der Waals surface area contributed by atoms with Crippen molar-refractivity contribution in [1.82, 2.24) is 0 Å². The Bertz CT molecular complexity index is 215. The third kappa shape index (κ3) is 3.39. The molecule has 0 bridgehead atoms. The molecule has 0 radical (unpaired) electrons. The molecule has 1 aliphatic rings. The molecule has 0 saturated carbocycles. The second kappa shape index (κ2) is 4.19. The summed E-state index contributed by atoms with van der Waals surface area (Å²) < 4.78 is 38.7. The van der Waals surface area contributed by atoms with Crippen LogP contribution in [0.2, 0.25) is 0 Å². The summed E-state index contributed by atoms with van der Waals surface area (Å²) in [6.45, 7) is -0.410. The first-order valence-corrected chi connectivity index (χ1v) is 3.87. The molecule has 0 aromatic carbocycles. The van der Waals surface area contributed by atoms with Gasteiger partial charge in [-0.25, -0.2) is 8.42 Å². The van der Waals surface area contributed by atoms with E-state index in [1.54, 1.807) is 0 Å². The Morgan fingerprint density at radius 2 is 2.18 bits per heavy atom. The van der Waals surface area contributed by atoms with Crippen molar-refractivity contribution in [2.75, 3.05) is 6.61 Å². The van der Waals surface area contributed by atoms with E-state index < -0.39 is 29.5 Å². The van der Waals surface area contributed by atoms with Crippen LogP contribution in [0.15, 0.2) is 0 Å². The van der Waals surface area contributed by atoms with E-state index in [9.17, 15) is 13.0 Å². The minimum absolute atomic E-state index is 0. The summed E-state index contributed by atoms with van der Waals surface area (Å²) in [5.41, 5.74) is -1.57. The van der Waals surface area contributed by atoms with Crippen LogP contribution < -0.4 is 29.6 Å². The molecule has 0 amide bonds. The number of hydrogen-bond donors (Lipinski definition) is 1. The molecule has 11 heavy (non-hydrogen) atoms. The van der Waals surface area contributed by atoms with Crippen LogP contribution in [0.25, 0.3) is 0 Å². The fraction of sp³-hybridized carbons (Fsp3) is 1.00. The Kier molecular flexibility index (Phi) is 4.52. The zero-order chi connectivity index (χ0) is 7.78. The summed E-state index contributed by atoms with van der Waals surface area (Å²) in [5.74, 6) is 0. The Labute approximate surface area is 86.1 Å². The Hall–Kier alpha value is 0.855. The molecule has 0 aliphatic carbocycles. The summed E-state index contributed by atoms with van der Waals surface area (Å²) in [6.07, 6.45) is 0. The molecule has 0 aromatic heterocycles. The molecule has 6 nitrogen and oxygen atoms in total. The fourth-order valence-electron chi connectivity index (χ4n) is 0.521. The molecule has 1 unspecified atom stereocenters. The Morgan fingerprint density at radius 3 is 2.36 bits per heavy atom. The normalized spacial score (nSPS) is 24.9. The van der Waals surface area contributed by atoms with Crippen LogP contribution in [0.3, 0.4) is 0 Å². The summed E-state index contributed by atoms with van der Waals surface area (Å²) in [4.78, 5) is 0. The summed E-state index contributed by atoms with van der Waals surface area (Å²) >= 11 is 0. The van der Waals surface area contributed by atoms with E-state index in [2.05, 4.69) is 9.31 Å². The summed E-state index contributed by atoms with van der Waals surface area (Å²) in [5, 5.41) is 8.42. The van der Waals surface area contributed by atoms with Gasteiger partial charge in [-0.3, -0.25) is 0 Å². The van der Waals surface area contributed by atoms with Gasteiger partial charge in [-0.05, 0) is 0 Å². The van der Waals surface area contributed by atoms with Crippen molar-refractivity contribution in [3.05, 3.63) is 0 Å². The third-order valence-electron chi connectivity index (χ3n) is 0.965. The second-order valence-corrected chi connectivity index (χ2v) is 3.21. The molecule has 9 heteroatoms. The van der Waals surface area contributed by atoms with Crippen molar-refractivity contribution in [3.63, 3.8) is 0 Å². The van der Waals surface area contributed by atoms with Crippen molar-refractivity contribution in [1.29, 1.82) is 0 Å². The number of hydrogen-bond acceptors (Lipinski definition) is 6. The van der Waals surface area contributed by atoms with Crippen molar-refractivity contribution >= 4 is 17.4 Å². The quantitative estimate of drug-likeness (QED) is 0.328. The molecule has 1 rings (SSSR count). The summed E-state index contributed by atoms with van der Waals surface area (Å²) in [6, 6.07) is 0. The fourth-order valence-corrected chi connectivity index (χ4v) is 0.997. The van der Waals surface area contributed by atoms with Crippen molar-refractivity contribution in [2.45, 2.75) is 5.44 Å². The molecule has 1 heterocycles. The van der Waals surface area contributed by atoms with E-state index in [0.717, 1.165) is 0 Å². The van der Waals surface area contributed by atoms with Gasteiger partial charge < -0.3 is 18.9 Å². The van der Waals surface area contributed by atoms with E-state index in [-0.39, 0.29) is 29.6 Å². The van der Waals surface area contributed by atoms with E-state index in [1.807, 2.05) is 0 Å². The molecule has 1 atom stereocenters. The first-order valence-electron chi connectivity index (χ1n) is 2.40. The van der Waals surface area contributed by atoms with Gasteiger partial charge in [0.1, 0.15) is 10.1 Å². The molecule has 0 aromatic rings. The average molecular weight is 190 g/mol. The monoisotopic (exact) mass is 190 g/mol. The van der Waals surface area contributed by atoms with Crippen molar-refractivity contribution < 1.29 is 56.9 Å². The average Bonchev–Trinajstić information content (AvgIpc) is 2.11.